The lowest BCUT2D eigenvalue weighted by atomic mass is 10.0. The van der Waals surface area contributed by atoms with E-state index in [-0.39, 0.29) is 5.91 Å². The van der Waals surface area contributed by atoms with Gasteiger partial charge in [0.25, 0.3) is 5.91 Å². The van der Waals surface area contributed by atoms with Crippen LogP contribution >= 0.6 is 11.6 Å². The molecule has 1 aromatic rings. The van der Waals surface area contributed by atoms with Crippen molar-refractivity contribution in [1.29, 1.82) is 0 Å². The summed E-state index contributed by atoms with van der Waals surface area (Å²) >= 11 is 5.92. The highest BCUT2D eigenvalue weighted by atomic mass is 35.5. The van der Waals surface area contributed by atoms with Crippen molar-refractivity contribution in [2.45, 2.75) is 19.4 Å². The van der Waals surface area contributed by atoms with Crippen molar-refractivity contribution in [3.05, 3.63) is 17.7 Å². The maximum atomic E-state index is 12.6. The van der Waals surface area contributed by atoms with Crippen molar-refractivity contribution in [1.82, 2.24) is 4.90 Å². The first-order chi connectivity index (χ1) is 9.82. The Labute approximate surface area is 130 Å². The minimum atomic E-state index is -0.459. The number of benzene rings is 1. The van der Waals surface area contributed by atoms with Gasteiger partial charge in [0.05, 0.1) is 26.9 Å². The van der Waals surface area contributed by atoms with E-state index in [2.05, 4.69) is 0 Å². The number of hydrogen-bond donors (Lipinski definition) is 0. The summed E-state index contributed by atoms with van der Waals surface area (Å²) < 4.78 is 15.8. The minimum Gasteiger partial charge on any atom is -0.493 e. The molecule has 0 spiro atoms. The molecule has 0 saturated carbocycles. The number of alkyl halides is 1. The average Bonchev–Trinajstić information content (AvgIpc) is 2.51. The molecular formula is C15H22ClNO4. The number of nitrogens with zero attached hydrogens (tertiary/aromatic N) is 1. The summed E-state index contributed by atoms with van der Waals surface area (Å²) in [4.78, 5) is 14.2. The molecule has 0 bridgehead atoms. The Balaban J connectivity index is 3.28. The van der Waals surface area contributed by atoms with Crippen LogP contribution in [0.3, 0.4) is 0 Å². The van der Waals surface area contributed by atoms with Crippen LogP contribution in [0.4, 0.5) is 0 Å². The molecule has 0 fully saturated rings. The lowest BCUT2D eigenvalue weighted by Gasteiger charge is -2.34. The zero-order valence-electron chi connectivity index (χ0n) is 13.3. The summed E-state index contributed by atoms with van der Waals surface area (Å²) in [7, 11) is 6.26. The fourth-order valence-corrected chi connectivity index (χ4v) is 1.94. The Morgan fingerprint density at radius 3 is 1.95 bits per heavy atom. The Morgan fingerprint density at radius 1 is 1.14 bits per heavy atom. The molecular weight excluding hydrogens is 294 g/mol. The normalized spacial score (nSPS) is 11.0. The molecule has 21 heavy (non-hydrogen) atoms. The number of ether oxygens (including phenoxy) is 3. The zero-order valence-corrected chi connectivity index (χ0v) is 14.1. The van der Waals surface area contributed by atoms with E-state index in [0.29, 0.717) is 28.7 Å². The van der Waals surface area contributed by atoms with Gasteiger partial charge in [0.2, 0.25) is 5.75 Å². The minimum absolute atomic E-state index is 0.167. The van der Waals surface area contributed by atoms with Gasteiger partial charge < -0.3 is 19.1 Å². The van der Waals surface area contributed by atoms with E-state index >= 15 is 0 Å². The molecule has 0 atom stereocenters. The van der Waals surface area contributed by atoms with Gasteiger partial charge in [0.15, 0.2) is 11.5 Å². The number of hydrogen-bond acceptors (Lipinski definition) is 4. The number of amides is 1. The van der Waals surface area contributed by atoms with Gasteiger partial charge in [-0.1, -0.05) is 0 Å². The van der Waals surface area contributed by atoms with E-state index in [1.165, 1.54) is 21.3 Å². The molecule has 0 unspecified atom stereocenters. The molecule has 1 amide bonds. The molecule has 0 radical (unpaired) electrons. The van der Waals surface area contributed by atoms with Crippen LogP contribution in [0.2, 0.25) is 0 Å². The molecule has 0 heterocycles. The monoisotopic (exact) mass is 315 g/mol. The molecule has 5 nitrogen and oxygen atoms in total. The van der Waals surface area contributed by atoms with Gasteiger partial charge in [-0.05, 0) is 26.0 Å². The summed E-state index contributed by atoms with van der Waals surface area (Å²) in [6.07, 6.45) is 0. The van der Waals surface area contributed by atoms with Crippen LogP contribution in [0, 0.1) is 0 Å². The van der Waals surface area contributed by atoms with Gasteiger partial charge in [0.1, 0.15) is 0 Å². The van der Waals surface area contributed by atoms with Gasteiger partial charge in [-0.15, -0.1) is 11.6 Å². The van der Waals surface area contributed by atoms with Gasteiger partial charge in [-0.2, -0.15) is 0 Å². The predicted octanol–water partition coefficient (Wildman–Crippen LogP) is 2.80. The summed E-state index contributed by atoms with van der Waals surface area (Å²) in [5, 5.41) is 0. The molecule has 0 aliphatic carbocycles. The molecule has 0 aromatic heterocycles. The highest BCUT2D eigenvalue weighted by Gasteiger charge is 2.28. The first-order valence-corrected chi connectivity index (χ1v) is 7.00. The first-order valence-electron chi connectivity index (χ1n) is 6.46. The van der Waals surface area contributed by atoms with Crippen LogP contribution in [-0.2, 0) is 0 Å². The molecule has 6 heteroatoms. The summed E-state index contributed by atoms with van der Waals surface area (Å²) in [5.74, 6) is 1.50. The number of methoxy groups -OCH3 is 3. The second kappa shape index (κ2) is 6.89. The molecule has 1 rings (SSSR count). The lowest BCUT2D eigenvalue weighted by Crippen LogP contribution is -2.46. The van der Waals surface area contributed by atoms with E-state index in [4.69, 9.17) is 25.8 Å². The average molecular weight is 316 g/mol. The SMILES string of the molecule is COc1cc(C(=O)N(C)C(C)(C)CCl)cc(OC)c1OC. The lowest BCUT2D eigenvalue weighted by molar-refractivity contribution is 0.0659. The van der Waals surface area contributed by atoms with Crippen molar-refractivity contribution >= 4 is 17.5 Å². The summed E-state index contributed by atoms with van der Waals surface area (Å²) in [6, 6.07) is 3.26. The number of carbonyl (C=O) groups excluding carboxylic acids is 1. The maximum absolute atomic E-state index is 12.6. The van der Waals surface area contributed by atoms with Crippen molar-refractivity contribution in [3.63, 3.8) is 0 Å². The fraction of sp³-hybridized carbons (Fsp3) is 0.533. The van der Waals surface area contributed by atoms with E-state index in [1.807, 2.05) is 13.8 Å². The highest BCUT2D eigenvalue weighted by Crippen LogP contribution is 2.38. The van der Waals surface area contributed by atoms with Crippen LogP contribution in [0.25, 0.3) is 0 Å². The number of rotatable bonds is 6. The van der Waals surface area contributed by atoms with E-state index in [9.17, 15) is 4.79 Å². The highest BCUT2D eigenvalue weighted by molar-refractivity contribution is 6.18. The Bertz CT molecular complexity index is 491. The molecule has 118 valence electrons. The Morgan fingerprint density at radius 2 is 1.62 bits per heavy atom. The third kappa shape index (κ3) is 3.53. The molecule has 0 saturated heterocycles. The predicted molar refractivity (Wildman–Crippen MR) is 83.0 cm³/mol. The summed E-state index contributed by atoms with van der Waals surface area (Å²) in [6.45, 7) is 3.80. The van der Waals surface area contributed by atoms with Gasteiger partial charge in [-0.3, -0.25) is 4.79 Å². The third-order valence-corrected chi connectivity index (χ3v) is 4.11. The zero-order chi connectivity index (χ0) is 16.2. The van der Waals surface area contributed by atoms with Gasteiger partial charge in [-0.25, -0.2) is 0 Å². The second-order valence-electron chi connectivity index (χ2n) is 5.22. The standard InChI is InChI=1S/C15H22ClNO4/c1-15(2,9-16)17(3)14(18)10-7-11(19-4)13(21-6)12(8-10)20-5/h7-8H,9H2,1-6H3. The fourth-order valence-electron chi connectivity index (χ4n) is 1.76. The van der Waals surface area contributed by atoms with Crippen LogP contribution < -0.4 is 14.2 Å². The Hall–Kier alpha value is -1.62. The second-order valence-corrected chi connectivity index (χ2v) is 5.49. The molecule has 0 aliphatic heterocycles. The van der Waals surface area contributed by atoms with Crippen molar-refractivity contribution in [3.8, 4) is 17.2 Å². The topological polar surface area (TPSA) is 48.0 Å². The first kappa shape index (κ1) is 17.4. The molecule has 1 aromatic carbocycles. The number of carbonyl (C=O) groups is 1. The van der Waals surface area contributed by atoms with Crippen molar-refractivity contribution in [2.75, 3.05) is 34.3 Å². The smallest absolute Gasteiger partial charge is 0.254 e. The van der Waals surface area contributed by atoms with E-state index in [0.717, 1.165) is 0 Å². The van der Waals surface area contributed by atoms with Gasteiger partial charge >= 0.3 is 0 Å². The molecule has 0 N–H and O–H groups in total. The van der Waals surface area contributed by atoms with Crippen molar-refractivity contribution < 1.29 is 19.0 Å². The number of halogens is 1. The van der Waals surface area contributed by atoms with Crippen LogP contribution in [-0.4, -0.2) is 50.6 Å². The van der Waals surface area contributed by atoms with Crippen LogP contribution in [0.5, 0.6) is 17.2 Å². The van der Waals surface area contributed by atoms with Crippen LogP contribution in [0.1, 0.15) is 24.2 Å². The Kier molecular flexibility index (Phi) is 5.72. The van der Waals surface area contributed by atoms with E-state index in [1.54, 1.807) is 24.1 Å². The quantitative estimate of drug-likeness (QED) is 0.757. The third-order valence-electron chi connectivity index (χ3n) is 3.45. The van der Waals surface area contributed by atoms with Gasteiger partial charge in [0, 0.05) is 18.5 Å². The van der Waals surface area contributed by atoms with E-state index < -0.39 is 5.54 Å². The summed E-state index contributed by atoms with van der Waals surface area (Å²) in [5.41, 5.74) is -0.0100. The maximum Gasteiger partial charge on any atom is 0.254 e. The molecule has 0 aliphatic rings. The van der Waals surface area contributed by atoms with Crippen molar-refractivity contribution in [2.24, 2.45) is 0 Å². The van der Waals surface area contributed by atoms with Crippen LogP contribution in [0.15, 0.2) is 12.1 Å². The largest absolute Gasteiger partial charge is 0.493 e.